The molecule has 0 saturated carbocycles. The largest absolute Gasteiger partial charge is 0.456 e. The normalized spacial score (nSPS) is 25.0. The number of hydrogen-bond donors (Lipinski definition) is 0. The van der Waals surface area contributed by atoms with Crippen molar-refractivity contribution in [3.05, 3.63) is 23.5 Å². The van der Waals surface area contributed by atoms with Crippen molar-refractivity contribution in [3.63, 3.8) is 0 Å². The lowest BCUT2D eigenvalue weighted by molar-refractivity contribution is -0.165. The number of ether oxygens (including phenoxy) is 3. The molecule has 0 spiro atoms. The molecule has 1 aromatic heterocycles. The Morgan fingerprint density at radius 3 is 2.36 bits per heavy atom. The Morgan fingerprint density at radius 1 is 1.18 bits per heavy atom. The Morgan fingerprint density at radius 2 is 1.79 bits per heavy atom. The van der Waals surface area contributed by atoms with Crippen molar-refractivity contribution < 1.29 is 32.2 Å². The van der Waals surface area contributed by atoms with E-state index in [9.17, 15) is 18.0 Å². The number of rotatable bonds is 4. The number of halogens is 1. The quantitative estimate of drug-likeness (QED) is 0.675. The molecule has 0 aliphatic carbocycles. The number of nitrogens with zero attached hydrogens (tertiary/aromatic N) is 2. The minimum absolute atomic E-state index is 0.0512. The van der Waals surface area contributed by atoms with Gasteiger partial charge in [-0.3, -0.25) is 9.59 Å². The van der Waals surface area contributed by atoms with Gasteiger partial charge in [0.2, 0.25) is 0 Å². The zero-order valence-corrected chi connectivity index (χ0v) is 17.2. The summed E-state index contributed by atoms with van der Waals surface area (Å²) in [5.74, 6) is -1.12. The Kier molecular flexibility index (Phi) is 5.39. The summed E-state index contributed by atoms with van der Waals surface area (Å²) >= 11 is 6.07. The van der Waals surface area contributed by atoms with E-state index in [-0.39, 0.29) is 9.92 Å². The van der Waals surface area contributed by atoms with E-state index < -0.39 is 46.3 Å². The van der Waals surface area contributed by atoms with Gasteiger partial charge in [-0.05, 0) is 19.1 Å². The molecule has 0 N–H and O–H groups in total. The highest BCUT2D eigenvalue weighted by Gasteiger charge is 2.48. The van der Waals surface area contributed by atoms with E-state index in [2.05, 4.69) is 4.98 Å². The maximum Gasteiger partial charge on any atom is 0.303 e. The number of carbonyl (C=O) groups excluding carboxylic acids is 2. The van der Waals surface area contributed by atoms with Gasteiger partial charge < -0.3 is 18.8 Å². The highest BCUT2D eigenvalue weighted by atomic mass is 35.5. The van der Waals surface area contributed by atoms with Crippen molar-refractivity contribution in [2.24, 2.45) is 0 Å². The van der Waals surface area contributed by atoms with E-state index in [4.69, 9.17) is 25.8 Å². The summed E-state index contributed by atoms with van der Waals surface area (Å²) in [6.07, 6.45) is -0.736. The van der Waals surface area contributed by atoms with Crippen LogP contribution in [-0.2, 0) is 33.6 Å². The monoisotopic (exact) mass is 430 g/mol. The lowest BCUT2D eigenvalue weighted by Crippen LogP contribution is -2.38. The van der Waals surface area contributed by atoms with Gasteiger partial charge in [0.15, 0.2) is 28.3 Å². The smallest absolute Gasteiger partial charge is 0.303 e. The SMILES string of the molecule is CC(=O)O[C@@H]1[C@H](OC(C)=O)[C@@H](C)O[C@H]1n1cnc2cc(Cl)c(S(C)(=O)=O)cc21. The molecule has 152 valence electrons. The fourth-order valence-corrected chi connectivity index (χ4v) is 4.53. The van der Waals surface area contributed by atoms with Crippen LogP contribution in [0, 0.1) is 0 Å². The Labute approximate surface area is 166 Å². The van der Waals surface area contributed by atoms with E-state index in [1.807, 2.05) is 0 Å². The molecule has 2 aromatic rings. The van der Waals surface area contributed by atoms with Gasteiger partial charge in [-0.25, -0.2) is 13.4 Å². The lowest BCUT2D eigenvalue weighted by atomic mass is 10.1. The van der Waals surface area contributed by atoms with Crippen molar-refractivity contribution in [1.29, 1.82) is 0 Å². The molecular weight excluding hydrogens is 412 g/mol. The molecule has 0 amide bonds. The van der Waals surface area contributed by atoms with E-state index in [1.54, 1.807) is 6.92 Å². The molecular formula is C17H19ClN2O7S. The number of carbonyl (C=O) groups is 2. The van der Waals surface area contributed by atoms with E-state index in [0.717, 1.165) is 6.26 Å². The second kappa shape index (κ2) is 7.34. The van der Waals surface area contributed by atoms with Gasteiger partial charge in [-0.2, -0.15) is 0 Å². The van der Waals surface area contributed by atoms with Crippen LogP contribution in [0.5, 0.6) is 0 Å². The van der Waals surface area contributed by atoms with Gasteiger partial charge in [0.05, 0.1) is 33.4 Å². The van der Waals surface area contributed by atoms with Gasteiger partial charge in [0.25, 0.3) is 0 Å². The minimum atomic E-state index is -3.58. The summed E-state index contributed by atoms with van der Waals surface area (Å²) in [6.45, 7) is 4.16. The molecule has 1 aliphatic heterocycles. The summed E-state index contributed by atoms with van der Waals surface area (Å²) in [4.78, 5) is 27.2. The number of sulfone groups is 1. The van der Waals surface area contributed by atoms with Crippen LogP contribution >= 0.6 is 11.6 Å². The van der Waals surface area contributed by atoms with Gasteiger partial charge in [-0.15, -0.1) is 0 Å². The van der Waals surface area contributed by atoms with E-state index in [0.29, 0.717) is 11.0 Å². The maximum atomic E-state index is 12.0. The standard InChI is InChI=1S/C17H19ClN2O7S/c1-8-15(26-9(2)21)16(27-10(3)22)17(25-8)20-7-19-12-5-11(18)14(6-13(12)20)28(4,23)24/h5-8,15-17H,1-4H3/t8-,15-,16-,17-/m1/s1. The molecule has 0 radical (unpaired) electrons. The molecule has 0 bridgehead atoms. The van der Waals surface area contributed by atoms with Crippen LogP contribution in [0.15, 0.2) is 23.4 Å². The molecule has 1 aliphatic rings. The number of benzene rings is 1. The number of aromatic nitrogens is 2. The van der Waals surface area contributed by atoms with Crippen LogP contribution in [-0.4, -0.2) is 54.5 Å². The third kappa shape index (κ3) is 3.85. The zero-order chi connectivity index (χ0) is 20.8. The van der Waals surface area contributed by atoms with Crippen LogP contribution in [0.4, 0.5) is 0 Å². The predicted molar refractivity (Wildman–Crippen MR) is 98.5 cm³/mol. The first kappa shape index (κ1) is 20.6. The number of fused-ring (bicyclic) bond motifs is 1. The first-order valence-electron chi connectivity index (χ1n) is 8.35. The third-order valence-corrected chi connectivity index (χ3v) is 5.89. The molecule has 9 nitrogen and oxygen atoms in total. The Bertz CT molecular complexity index is 1050. The number of imidazole rings is 1. The third-order valence-electron chi connectivity index (χ3n) is 4.33. The highest BCUT2D eigenvalue weighted by Crippen LogP contribution is 2.37. The predicted octanol–water partition coefficient (Wildman–Crippen LogP) is 1.87. The summed E-state index contributed by atoms with van der Waals surface area (Å²) in [5.41, 5.74) is 0.855. The second-order valence-corrected chi connectivity index (χ2v) is 8.97. The average molecular weight is 431 g/mol. The van der Waals surface area contributed by atoms with E-state index in [1.165, 1.54) is 36.9 Å². The number of esters is 2. The lowest BCUT2D eigenvalue weighted by Gasteiger charge is -2.23. The zero-order valence-electron chi connectivity index (χ0n) is 15.6. The van der Waals surface area contributed by atoms with Gasteiger partial charge in [0.1, 0.15) is 0 Å². The molecule has 3 rings (SSSR count). The van der Waals surface area contributed by atoms with Crippen LogP contribution < -0.4 is 0 Å². The van der Waals surface area contributed by atoms with Gasteiger partial charge in [-0.1, -0.05) is 11.6 Å². The van der Waals surface area contributed by atoms with Crippen molar-refractivity contribution in [1.82, 2.24) is 9.55 Å². The summed E-state index contributed by atoms with van der Waals surface area (Å²) in [7, 11) is -3.58. The Balaban J connectivity index is 2.11. The molecule has 1 aromatic carbocycles. The van der Waals surface area contributed by atoms with Crippen LogP contribution in [0.1, 0.15) is 27.0 Å². The minimum Gasteiger partial charge on any atom is -0.456 e. The van der Waals surface area contributed by atoms with Gasteiger partial charge in [0, 0.05) is 20.1 Å². The molecule has 4 atom stereocenters. The first-order valence-corrected chi connectivity index (χ1v) is 10.6. The summed E-state index contributed by atoms with van der Waals surface area (Å²) in [5, 5.41) is 0.0512. The molecule has 2 heterocycles. The Hall–Kier alpha value is -2.17. The van der Waals surface area contributed by atoms with Gasteiger partial charge >= 0.3 is 11.9 Å². The summed E-state index contributed by atoms with van der Waals surface area (Å²) < 4.78 is 42.1. The second-order valence-electron chi connectivity index (χ2n) is 6.58. The van der Waals surface area contributed by atoms with Crippen LogP contribution in [0.2, 0.25) is 5.02 Å². The highest BCUT2D eigenvalue weighted by molar-refractivity contribution is 7.90. The number of hydrogen-bond acceptors (Lipinski definition) is 8. The fraction of sp³-hybridized carbons (Fsp3) is 0.471. The van der Waals surface area contributed by atoms with Crippen LogP contribution in [0.3, 0.4) is 0 Å². The molecule has 0 unspecified atom stereocenters. The van der Waals surface area contributed by atoms with Crippen molar-refractivity contribution >= 4 is 44.4 Å². The molecule has 1 fully saturated rings. The van der Waals surface area contributed by atoms with Crippen LogP contribution in [0.25, 0.3) is 11.0 Å². The average Bonchev–Trinajstić information content (AvgIpc) is 3.07. The van der Waals surface area contributed by atoms with E-state index >= 15 is 0 Å². The maximum absolute atomic E-state index is 12.0. The first-order chi connectivity index (χ1) is 13.0. The topological polar surface area (TPSA) is 114 Å². The van der Waals surface area contributed by atoms with Crippen molar-refractivity contribution in [2.75, 3.05) is 6.26 Å². The fourth-order valence-electron chi connectivity index (χ4n) is 3.22. The summed E-state index contributed by atoms with van der Waals surface area (Å²) in [6, 6.07) is 2.82. The molecule has 11 heteroatoms. The van der Waals surface area contributed by atoms with Crippen molar-refractivity contribution in [3.8, 4) is 0 Å². The molecule has 28 heavy (non-hydrogen) atoms. The molecule has 1 saturated heterocycles. The van der Waals surface area contributed by atoms with Crippen molar-refractivity contribution in [2.45, 2.75) is 50.2 Å².